The maximum Gasteiger partial charge on any atom is 0.228 e. The Balaban J connectivity index is 1.49. The molecule has 0 amide bonds. The van der Waals surface area contributed by atoms with Crippen LogP contribution in [0.2, 0.25) is 5.02 Å². The second kappa shape index (κ2) is 8.60. The molecule has 3 aromatic heterocycles. The third-order valence-electron chi connectivity index (χ3n) is 5.38. The molecular formula is C22H21ClFN7O. The van der Waals surface area contributed by atoms with Crippen LogP contribution in [0, 0.1) is 5.82 Å². The zero-order chi connectivity index (χ0) is 22.1. The number of aromatic nitrogens is 4. The number of halogens is 2. The van der Waals surface area contributed by atoms with Gasteiger partial charge in [-0.3, -0.25) is 4.40 Å². The average Bonchev–Trinajstić information content (AvgIpc) is 3.26. The molecule has 0 unspecified atom stereocenters. The van der Waals surface area contributed by atoms with E-state index in [1.54, 1.807) is 6.20 Å². The standard InChI is InChI=1S/C22H21ClFN7O/c1-32-18-11-14(30-8-5-25-6-9-30)10-16(24)21(18)29-22-27-12-15(23)20(28-22)17-13-26-19-4-2-3-7-31(17)19/h2-4,7,10-13,25H,5-6,8-9H2,1H3,(H,27,28,29). The molecule has 1 fully saturated rings. The summed E-state index contributed by atoms with van der Waals surface area (Å²) in [5.74, 6) is 0.114. The Hall–Kier alpha value is -3.43. The van der Waals surface area contributed by atoms with Gasteiger partial charge in [0.05, 0.1) is 30.2 Å². The summed E-state index contributed by atoms with van der Waals surface area (Å²) in [5.41, 5.74) is 2.90. The van der Waals surface area contributed by atoms with Crippen molar-refractivity contribution in [1.29, 1.82) is 0 Å². The molecule has 164 valence electrons. The molecule has 4 heterocycles. The predicted octanol–water partition coefficient (Wildman–Crippen LogP) is 3.75. The average molecular weight is 454 g/mol. The number of fused-ring (bicyclic) bond motifs is 1. The molecule has 0 saturated carbocycles. The smallest absolute Gasteiger partial charge is 0.228 e. The zero-order valence-corrected chi connectivity index (χ0v) is 18.1. The van der Waals surface area contributed by atoms with E-state index in [4.69, 9.17) is 16.3 Å². The number of ether oxygens (including phenoxy) is 1. The van der Waals surface area contributed by atoms with Crippen molar-refractivity contribution in [2.75, 3.05) is 43.5 Å². The monoisotopic (exact) mass is 453 g/mol. The van der Waals surface area contributed by atoms with Gasteiger partial charge in [0, 0.05) is 44.1 Å². The first-order chi connectivity index (χ1) is 15.6. The lowest BCUT2D eigenvalue weighted by Gasteiger charge is -2.30. The molecule has 1 aromatic carbocycles. The van der Waals surface area contributed by atoms with Gasteiger partial charge in [-0.15, -0.1) is 0 Å². The summed E-state index contributed by atoms with van der Waals surface area (Å²) in [7, 11) is 1.51. The fourth-order valence-electron chi connectivity index (χ4n) is 3.78. The Labute approximate surface area is 189 Å². The summed E-state index contributed by atoms with van der Waals surface area (Å²) in [6.45, 7) is 3.32. The van der Waals surface area contributed by atoms with Gasteiger partial charge in [0.2, 0.25) is 5.95 Å². The Morgan fingerprint density at radius 3 is 2.81 bits per heavy atom. The first kappa shape index (κ1) is 20.5. The molecular weight excluding hydrogens is 433 g/mol. The van der Waals surface area contributed by atoms with E-state index < -0.39 is 5.82 Å². The SMILES string of the molecule is COc1cc(N2CCNCC2)cc(F)c1Nc1ncc(Cl)c(-c2cnc3ccccn23)n1. The molecule has 8 nitrogen and oxygen atoms in total. The van der Waals surface area contributed by atoms with Crippen LogP contribution in [0.4, 0.5) is 21.7 Å². The van der Waals surface area contributed by atoms with Crippen LogP contribution >= 0.6 is 11.6 Å². The van der Waals surface area contributed by atoms with E-state index in [-0.39, 0.29) is 11.6 Å². The minimum absolute atomic E-state index is 0.165. The molecule has 0 aliphatic carbocycles. The van der Waals surface area contributed by atoms with Crippen molar-refractivity contribution in [1.82, 2.24) is 24.7 Å². The lowest BCUT2D eigenvalue weighted by molar-refractivity contribution is 0.413. The highest BCUT2D eigenvalue weighted by atomic mass is 35.5. The van der Waals surface area contributed by atoms with Crippen molar-refractivity contribution >= 4 is 34.6 Å². The van der Waals surface area contributed by atoms with Gasteiger partial charge in [-0.1, -0.05) is 17.7 Å². The molecule has 0 atom stereocenters. The summed E-state index contributed by atoms with van der Waals surface area (Å²) >= 11 is 6.38. The highest BCUT2D eigenvalue weighted by Gasteiger charge is 2.19. The third kappa shape index (κ3) is 3.80. The third-order valence-corrected chi connectivity index (χ3v) is 5.66. The van der Waals surface area contributed by atoms with Crippen LogP contribution in [0.1, 0.15) is 0 Å². The van der Waals surface area contributed by atoms with Crippen molar-refractivity contribution < 1.29 is 9.13 Å². The lowest BCUT2D eigenvalue weighted by atomic mass is 10.2. The summed E-state index contributed by atoms with van der Waals surface area (Å²) in [6, 6.07) is 9.00. The Morgan fingerprint density at radius 1 is 1.16 bits per heavy atom. The summed E-state index contributed by atoms with van der Waals surface area (Å²) in [4.78, 5) is 15.3. The number of nitrogens with zero attached hydrogens (tertiary/aromatic N) is 5. The van der Waals surface area contributed by atoms with E-state index in [1.807, 2.05) is 34.9 Å². The normalized spacial score (nSPS) is 14.0. The van der Waals surface area contributed by atoms with Crippen LogP contribution in [0.3, 0.4) is 0 Å². The largest absolute Gasteiger partial charge is 0.494 e. The lowest BCUT2D eigenvalue weighted by Crippen LogP contribution is -2.43. The molecule has 2 N–H and O–H groups in total. The second-order valence-corrected chi connectivity index (χ2v) is 7.74. The van der Waals surface area contributed by atoms with Crippen LogP contribution in [-0.2, 0) is 0 Å². The number of nitrogens with one attached hydrogen (secondary N) is 2. The Bertz CT molecular complexity index is 1270. The molecule has 1 aliphatic heterocycles. The van der Waals surface area contributed by atoms with Crippen LogP contribution < -0.4 is 20.3 Å². The van der Waals surface area contributed by atoms with Gasteiger partial charge in [0.15, 0.2) is 5.82 Å². The summed E-state index contributed by atoms with van der Waals surface area (Å²) in [6.07, 6.45) is 5.05. The van der Waals surface area contributed by atoms with Crippen molar-refractivity contribution in [3.05, 3.63) is 59.8 Å². The Kier molecular flexibility index (Phi) is 5.50. The van der Waals surface area contributed by atoms with Crippen molar-refractivity contribution in [3.8, 4) is 17.1 Å². The predicted molar refractivity (Wildman–Crippen MR) is 123 cm³/mol. The molecule has 32 heavy (non-hydrogen) atoms. The number of hydrogen-bond acceptors (Lipinski definition) is 7. The van der Waals surface area contributed by atoms with E-state index in [0.717, 1.165) is 37.5 Å². The molecule has 10 heteroatoms. The molecule has 4 aromatic rings. The number of piperazine rings is 1. The van der Waals surface area contributed by atoms with Gasteiger partial charge in [-0.25, -0.2) is 19.3 Å². The number of rotatable bonds is 5. The van der Waals surface area contributed by atoms with Gasteiger partial charge in [-0.05, 0) is 18.2 Å². The van der Waals surface area contributed by atoms with Crippen LogP contribution in [0.5, 0.6) is 5.75 Å². The minimum atomic E-state index is -0.451. The van der Waals surface area contributed by atoms with Crippen molar-refractivity contribution in [2.24, 2.45) is 0 Å². The first-order valence-corrected chi connectivity index (χ1v) is 10.6. The quantitative estimate of drug-likeness (QED) is 0.476. The molecule has 1 saturated heterocycles. The number of pyridine rings is 1. The van der Waals surface area contributed by atoms with E-state index >= 15 is 4.39 Å². The van der Waals surface area contributed by atoms with Crippen LogP contribution in [-0.4, -0.2) is 52.6 Å². The molecule has 0 spiro atoms. The molecule has 0 bridgehead atoms. The van der Waals surface area contributed by atoms with Gasteiger partial charge in [0.1, 0.15) is 22.8 Å². The van der Waals surface area contributed by atoms with Crippen LogP contribution in [0.15, 0.2) is 48.9 Å². The topological polar surface area (TPSA) is 79.6 Å². The Morgan fingerprint density at radius 2 is 2.00 bits per heavy atom. The number of imidazole rings is 1. The summed E-state index contributed by atoms with van der Waals surface area (Å²) in [5, 5.41) is 6.61. The number of anilines is 3. The highest BCUT2D eigenvalue weighted by Crippen LogP contribution is 2.35. The zero-order valence-electron chi connectivity index (χ0n) is 17.3. The van der Waals surface area contributed by atoms with Gasteiger partial charge < -0.3 is 20.3 Å². The summed E-state index contributed by atoms with van der Waals surface area (Å²) < 4.78 is 22.5. The maximum atomic E-state index is 15.1. The van der Waals surface area contributed by atoms with E-state index in [2.05, 4.69) is 30.5 Å². The molecule has 0 radical (unpaired) electrons. The number of hydrogen-bond donors (Lipinski definition) is 2. The van der Waals surface area contributed by atoms with Gasteiger partial charge in [0.25, 0.3) is 0 Å². The fraction of sp³-hybridized carbons (Fsp3) is 0.227. The van der Waals surface area contributed by atoms with E-state index in [9.17, 15) is 0 Å². The number of methoxy groups -OCH3 is 1. The minimum Gasteiger partial charge on any atom is -0.494 e. The van der Waals surface area contributed by atoms with E-state index in [0.29, 0.717) is 22.2 Å². The number of benzene rings is 1. The maximum absolute atomic E-state index is 15.1. The first-order valence-electron chi connectivity index (χ1n) is 10.2. The van der Waals surface area contributed by atoms with Gasteiger partial charge in [-0.2, -0.15) is 0 Å². The highest BCUT2D eigenvalue weighted by molar-refractivity contribution is 6.32. The van der Waals surface area contributed by atoms with Crippen molar-refractivity contribution in [3.63, 3.8) is 0 Å². The molecule has 1 aliphatic rings. The van der Waals surface area contributed by atoms with Gasteiger partial charge >= 0.3 is 0 Å². The molecule has 5 rings (SSSR count). The second-order valence-electron chi connectivity index (χ2n) is 7.33. The van der Waals surface area contributed by atoms with Crippen LogP contribution in [0.25, 0.3) is 17.0 Å². The fourth-order valence-corrected chi connectivity index (χ4v) is 3.97. The van der Waals surface area contributed by atoms with Crippen molar-refractivity contribution in [2.45, 2.75) is 0 Å². The van der Waals surface area contributed by atoms with E-state index in [1.165, 1.54) is 19.4 Å².